The Bertz CT molecular complexity index is 1460. The van der Waals surface area contributed by atoms with E-state index < -0.39 is 0 Å². The van der Waals surface area contributed by atoms with Gasteiger partial charge in [-0.3, -0.25) is 0 Å². The van der Waals surface area contributed by atoms with Gasteiger partial charge in [-0.1, -0.05) is 17.3 Å². The van der Waals surface area contributed by atoms with Crippen LogP contribution in [0.5, 0.6) is 5.75 Å². The van der Waals surface area contributed by atoms with Gasteiger partial charge in [0, 0.05) is 23.9 Å². The zero-order valence-corrected chi connectivity index (χ0v) is 19.5. The van der Waals surface area contributed by atoms with E-state index in [1.807, 2.05) is 56.3 Å². The summed E-state index contributed by atoms with van der Waals surface area (Å²) >= 11 is 0. The third kappa shape index (κ3) is 4.61. The van der Waals surface area contributed by atoms with Gasteiger partial charge in [0.25, 0.3) is 0 Å². The molecule has 0 saturated carbocycles. The summed E-state index contributed by atoms with van der Waals surface area (Å²) in [7, 11) is 0. The molecule has 0 bridgehead atoms. The number of nitrogens with zero attached hydrogens (tertiary/aromatic N) is 4. The van der Waals surface area contributed by atoms with Gasteiger partial charge in [0.1, 0.15) is 23.0 Å². The number of fused-ring (bicyclic) bond motifs is 1. The Morgan fingerprint density at radius 1 is 1.00 bits per heavy atom. The number of hydrogen-bond donors (Lipinski definition) is 1. The molecule has 0 aliphatic carbocycles. The van der Waals surface area contributed by atoms with Crippen molar-refractivity contribution in [2.75, 3.05) is 5.32 Å². The van der Waals surface area contributed by atoms with Crippen LogP contribution in [-0.2, 0) is 6.61 Å². The number of aryl methyl sites for hydroxylation is 3. The zero-order valence-electron chi connectivity index (χ0n) is 19.5. The van der Waals surface area contributed by atoms with Crippen LogP contribution in [0.4, 0.5) is 5.82 Å². The van der Waals surface area contributed by atoms with E-state index in [-0.39, 0.29) is 12.6 Å². The van der Waals surface area contributed by atoms with Crippen LogP contribution in [0.25, 0.3) is 22.2 Å². The van der Waals surface area contributed by atoms with E-state index in [1.54, 1.807) is 13.2 Å². The van der Waals surface area contributed by atoms with Gasteiger partial charge < -0.3 is 19.0 Å². The van der Waals surface area contributed by atoms with Gasteiger partial charge in [-0.2, -0.15) is 4.98 Å². The number of aromatic nitrogens is 4. The molecule has 5 aromatic rings. The van der Waals surface area contributed by atoms with E-state index in [1.165, 1.54) is 0 Å². The molecule has 0 aliphatic rings. The number of rotatable bonds is 7. The van der Waals surface area contributed by atoms with Crippen molar-refractivity contribution in [2.24, 2.45) is 0 Å². The van der Waals surface area contributed by atoms with E-state index >= 15 is 0 Å². The molecule has 0 saturated heterocycles. The number of ether oxygens (including phenoxy) is 1. The van der Waals surface area contributed by atoms with Gasteiger partial charge in [0.15, 0.2) is 6.61 Å². The molecule has 3 aromatic heterocycles. The number of furan rings is 1. The van der Waals surface area contributed by atoms with Crippen LogP contribution < -0.4 is 10.1 Å². The topological polar surface area (TPSA) is 99.1 Å². The Morgan fingerprint density at radius 2 is 1.88 bits per heavy atom. The molecular formula is C26H25N5O3. The highest BCUT2D eigenvalue weighted by Crippen LogP contribution is 2.29. The molecule has 1 atom stereocenters. The summed E-state index contributed by atoms with van der Waals surface area (Å²) in [6, 6.07) is 16.0. The largest absolute Gasteiger partial charge is 0.485 e. The van der Waals surface area contributed by atoms with Gasteiger partial charge in [-0.05, 0) is 62.2 Å². The minimum atomic E-state index is -0.00304. The summed E-state index contributed by atoms with van der Waals surface area (Å²) in [6.07, 6.45) is 1.77. The van der Waals surface area contributed by atoms with E-state index in [9.17, 15) is 0 Å². The number of nitrogens with one attached hydrogen (secondary N) is 1. The standard InChI is InChI=1S/C26H25N5O3/c1-15-13-33-24-9-8-20(11-22(15)24)23-12-25(29-17(3)28-23)27-16(2)19-6-5-7-21(10-19)32-14-26-30-18(4)34-31-26/h5-13,16H,14H2,1-4H3,(H,27,28,29). The molecule has 0 radical (unpaired) electrons. The van der Waals surface area contributed by atoms with Crippen molar-refractivity contribution in [3.05, 3.63) is 83.5 Å². The summed E-state index contributed by atoms with van der Waals surface area (Å²) in [6.45, 7) is 8.02. The summed E-state index contributed by atoms with van der Waals surface area (Å²) in [5.41, 5.74) is 4.92. The zero-order chi connectivity index (χ0) is 23.7. The molecule has 34 heavy (non-hydrogen) atoms. The highest BCUT2D eigenvalue weighted by atomic mass is 16.5. The molecule has 0 aliphatic heterocycles. The SMILES string of the molecule is Cc1nc(NC(C)c2cccc(OCc3noc(C)n3)c2)cc(-c2ccc3occ(C)c3c2)n1. The van der Waals surface area contributed by atoms with Crippen LogP contribution in [0.15, 0.2) is 63.7 Å². The number of hydrogen-bond acceptors (Lipinski definition) is 8. The summed E-state index contributed by atoms with van der Waals surface area (Å²) in [4.78, 5) is 13.4. The Balaban J connectivity index is 1.33. The van der Waals surface area contributed by atoms with Crippen molar-refractivity contribution in [3.8, 4) is 17.0 Å². The lowest BCUT2D eigenvalue weighted by molar-refractivity contribution is 0.285. The van der Waals surface area contributed by atoms with Crippen molar-refractivity contribution in [3.63, 3.8) is 0 Å². The average molecular weight is 456 g/mol. The van der Waals surface area contributed by atoms with Gasteiger partial charge in [-0.25, -0.2) is 9.97 Å². The first kappa shape index (κ1) is 21.6. The van der Waals surface area contributed by atoms with Gasteiger partial charge in [0.05, 0.1) is 18.0 Å². The fourth-order valence-electron chi connectivity index (χ4n) is 3.83. The minimum Gasteiger partial charge on any atom is -0.485 e. The minimum absolute atomic E-state index is 0.00304. The van der Waals surface area contributed by atoms with Crippen molar-refractivity contribution in [1.29, 1.82) is 0 Å². The Labute approximate surface area is 197 Å². The molecule has 1 N–H and O–H groups in total. The molecule has 3 heterocycles. The normalized spacial score (nSPS) is 12.1. The first-order chi connectivity index (χ1) is 16.4. The van der Waals surface area contributed by atoms with Crippen molar-refractivity contribution >= 4 is 16.8 Å². The molecule has 2 aromatic carbocycles. The fraction of sp³-hybridized carbons (Fsp3) is 0.231. The van der Waals surface area contributed by atoms with Crippen molar-refractivity contribution in [1.82, 2.24) is 20.1 Å². The van der Waals surface area contributed by atoms with Crippen LogP contribution in [0.3, 0.4) is 0 Å². The second kappa shape index (κ2) is 8.97. The Hall–Kier alpha value is -4.20. The first-order valence-corrected chi connectivity index (χ1v) is 11.1. The summed E-state index contributed by atoms with van der Waals surface area (Å²) in [5, 5.41) is 8.44. The van der Waals surface area contributed by atoms with E-state index in [4.69, 9.17) is 13.7 Å². The maximum atomic E-state index is 5.83. The number of anilines is 1. The van der Waals surface area contributed by atoms with E-state index in [0.29, 0.717) is 17.5 Å². The maximum absolute atomic E-state index is 5.83. The van der Waals surface area contributed by atoms with Gasteiger partial charge in [0.2, 0.25) is 11.7 Å². The van der Waals surface area contributed by atoms with Gasteiger partial charge in [-0.15, -0.1) is 0 Å². The molecule has 1 unspecified atom stereocenters. The lowest BCUT2D eigenvalue weighted by atomic mass is 10.1. The van der Waals surface area contributed by atoms with Crippen LogP contribution in [0.1, 0.15) is 41.6 Å². The van der Waals surface area contributed by atoms with Crippen LogP contribution >= 0.6 is 0 Å². The van der Waals surface area contributed by atoms with Crippen molar-refractivity contribution in [2.45, 2.75) is 40.3 Å². The third-order valence-corrected chi connectivity index (χ3v) is 5.56. The molecule has 0 fully saturated rings. The first-order valence-electron chi connectivity index (χ1n) is 11.1. The summed E-state index contributed by atoms with van der Waals surface area (Å²) < 4.78 is 16.4. The van der Waals surface area contributed by atoms with E-state index in [0.717, 1.165) is 44.9 Å². The molecule has 172 valence electrons. The Morgan fingerprint density at radius 3 is 2.71 bits per heavy atom. The molecule has 8 nitrogen and oxygen atoms in total. The predicted octanol–water partition coefficient (Wildman–Crippen LogP) is 5.95. The average Bonchev–Trinajstić information content (AvgIpc) is 3.42. The van der Waals surface area contributed by atoms with E-state index in [2.05, 4.69) is 38.4 Å². The number of benzene rings is 2. The highest BCUT2D eigenvalue weighted by Gasteiger charge is 2.12. The second-order valence-corrected chi connectivity index (χ2v) is 8.27. The lowest BCUT2D eigenvalue weighted by Crippen LogP contribution is -2.09. The third-order valence-electron chi connectivity index (χ3n) is 5.56. The molecule has 5 rings (SSSR count). The maximum Gasteiger partial charge on any atom is 0.223 e. The lowest BCUT2D eigenvalue weighted by Gasteiger charge is -2.17. The monoisotopic (exact) mass is 455 g/mol. The molecule has 8 heteroatoms. The molecule has 0 spiro atoms. The Kier molecular flexibility index (Phi) is 5.71. The second-order valence-electron chi connectivity index (χ2n) is 8.27. The van der Waals surface area contributed by atoms with Gasteiger partial charge >= 0.3 is 0 Å². The smallest absolute Gasteiger partial charge is 0.223 e. The van der Waals surface area contributed by atoms with Crippen molar-refractivity contribution < 1.29 is 13.7 Å². The predicted molar refractivity (Wildman–Crippen MR) is 129 cm³/mol. The quantitative estimate of drug-likeness (QED) is 0.321. The molecular weight excluding hydrogens is 430 g/mol. The van der Waals surface area contributed by atoms with Crippen LogP contribution in [0, 0.1) is 20.8 Å². The highest BCUT2D eigenvalue weighted by molar-refractivity contribution is 5.85. The summed E-state index contributed by atoms with van der Waals surface area (Å²) in [5.74, 6) is 3.22. The van der Waals surface area contributed by atoms with Crippen LogP contribution in [0.2, 0.25) is 0 Å². The van der Waals surface area contributed by atoms with Crippen LogP contribution in [-0.4, -0.2) is 20.1 Å². The fourth-order valence-corrected chi connectivity index (χ4v) is 3.83. The molecule has 0 amide bonds.